The Morgan fingerprint density at radius 3 is 2.75 bits per heavy atom. The molecule has 0 aliphatic carbocycles. The molecule has 0 saturated carbocycles. The van der Waals surface area contributed by atoms with Crippen LogP contribution in [0.4, 0.5) is 0 Å². The molecule has 1 saturated heterocycles. The minimum Gasteiger partial charge on any atom is -0.391 e. The van der Waals surface area contributed by atoms with Gasteiger partial charge in [0, 0.05) is 0 Å². The second-order valence-electron chi connectivity index (χ2n) is 1.54. The first-order valence-electron chi connectivity index (χ1n) is 2.39. The predicted octanol–water partition coefficient (Wildman–Crippen LogP) is -0.393. The van der Waals surface area contributed by atoms with Crippen molar-refractivity contribution in [3.63, 3.8) is 0 Å². The maximum Gasteiger partial charge on any atom is 0.182 e. The van der Waals surface area contributed by atoms with Gasteiger partial charge in [-0.05, 0) is 0 Å². The Morgan fingerprint density at radius 1 is 1.75 bits per heavy atom. The lowest BCUT2D eigenvalue weighted by molar-refractivity contribution is -0.0780. The average molecular weight is 136 g/mol. The van der Waals surface area contributed by atoms with Gasteiger partial charge in [0.15, 0.2) is 6.29 Å². The van der Waals surface area contributed by atoms with E-state index in [1.54, 1.807) is 0 Å². The highest BCUT2D eigenvalue weighted by molar-refractivity contribution is 7.80. The highest BCUT2D eigenvalue weighted by atomic mass is 32.1. The molecule has 1 N–H and O–H groups in total. The van der Waals surface area contributed by atoms with Crippen molar-refractivity contribution in [3.8, 4) is 0 Å². The van der Waals surface area contributed by atoms with Crippen LogP contribution in [0.5, 0.6) is 0 Å². The average Bonchev–Trinajstić information content (AvgIpc) is 2.14. The minimum absolute atomic E-state index is 0.0862. The van der Waals surface area contributed by atoms with E-state index in [2.05, 4.69) is 12.6 Å². The molecule has 1 rings (SSSR count). The summed E-state index contributed by atoms with van der Waals surface area (Å²) in [6.45, 7) is 0.380. The summed E-state index contributed by atoms with van der Waals surface area (Å²) in [5.74, 6) is 0. The molecule has 0 unspecified atom stereocenters. The van der Waals surface area contributed by atoms with E-state index in [4.69, 9.17) is 14.6 Å². The summed E-state index contributed by atoms with van der Waals surface area (Å²) in [6, 6.07) is 0. The summed E-state index contributed by atoms with van der Waals surface area (Å²) >= 11 is 3.95. The zero-order chi connectivity index (χ0) is 5.98. The Labute approximate surface area is 53.0 Å². The first kappa shape index (κ1) is 6.35. The topological polar surface area (TPSA) is 38.7 Å². The van der Waals surface area contributed by atoms with Crippen LogP contribution in [0.25, 0.3) is 0 Å². The maximum atomic E-state index is 8.40. The SMILES string of the molecule is OC[C@@H]1OC[C@H](S)O1. The van der Waals surface area contributed by atoms with Crippen LogP contribution in [0, 0.1) is 0 Å². The smallest absolute Gasteiger partial charge is 0.182 e. The van der Waals surface area contributed by atoms with Gasteiger partial charge >= 0.3 is 0 Å². The van der Waals surface area contributed by atoms with Crippen molar-refractivity contribution in [2.24, 2.45) is 0 Å². The monoisotopic (exact) mass is 136 g/mol. The summed E-state index contributed by atoms with van der Waals surface area (Å²) in [5.41, 5.74) is -0.160. The van der Waals surface area contributed by atoms with Gasteiger partial charge < -0.3 is 14.6 Å². The zero-order valence-electron chi connectivity index (χ0n) is 4.28. The van der Waals surface area contributed by atoms with Gasteiger partial charge in [-0.1, -0.05) is 0 Å². The van der Waals surface area contributed by atoms with Crippen molar-refractivity contribution in [3.05, 3.63) is 0 Å². The van der Waals surface area contributed by atoms with E-state index >= 15 is 0 Å². The number of ether oxygens (including phenoxy) is 2. The van der Waals surface area contributed by atoms with Gasteiger partial charge in [0.05, 0.1) is 13.2 Å². The predicted molar refractivity (Wildman–Crippen MR) is 30.7 cm³/mol. The highest BCUT2D eigenvalue weighted by Gasteiger charge is 2.21. The molecular weight excluding hydrogens is 128 g/mol. The van der Waals surface area contributed by atoms with E-state index in [-0.39, 0.29) is 12.0 Å². The Kier molecular flexibility index (Phi) is 2.13. The van der Waals surface area contributed by atoms with Gasteiger partial charge in [0.2, 0.25) is 0 Å². The highest BCUT2D eigenvalue weighted by Crippen LogP contribution is 2.12. The van der Waals surface area contributed by atoms with Crippen LogP contribution in [0.15, 0.2) is 0 Å². The Morgan fingerprint density at radius 2 is 2.50 bits per heavy atom. The number of hydrogen-bond acceptors (Lipinski definition) is 4. The number of hydrogen-bond donors (Lipinski definition) is 2. The van der Waals surface area contributed by atoms with Gasteiger partial charge in [-0.15, -0.1) is 12.6 Å². The molecule has 1 aliphatic heterocycles. The lowest BCUT2D eigenvalue weighted by atomic mass is 10.7. The molecule has 3 nitrogen and oxygen atoms in total. The fraction of sp³-hybridized carbons (Fsp3) is 1.00. The summed E-state index contributed by atoms with van der Waals surface area (Å²) < 4.78 is 9.77. The second kappa shape index (κ2) is 2.68. The maximum absolute atomic E-state index is 8.40. The first-order valence-corrected chi connectivity index (χ1v) is 2.90. The van der Waals surface area contributed by atoms with Gasteiger partial charge in [-0.25, -0.2) is 0 Å². The van der Waals surface area contributed by atoms with Gasteiger partial charge in [-0.3, -0.25) is 0 Å². The van der Waals surface area contributed by atoms with Gasteiger partial charge in [0.25, 0.3) is 0 Å². The van der Waals surface area contributed by atoms with E-state index in [1.165, 1.54) is 0 Å². The van der Waals surface area contributed by atoms with E-state index in [0.29, 0.717) is 6.61 Å². The van der Waals surface area contributed by atoms with Crippen LogP contribution in [-0.2, 0) is 9.47 Å². The number of rotatable bonds is 1. The molecule has 1 aliphatic rings. The van der Waals surface area contributed by atoms with Crippen LogP contribution >= 0.6 is 12.6 Å². The number of thiol groups is 1. The summed E-state index contributed by atoms with van der Waals surface area (Å²) in [4.78, 5) is 0. The molecule has 48 valence electrons. The Hall–Kier alpha value is 0.230. The van der Waals surface area contributed by atoms with Crippen LogP contribution in [0.2, 0.25) is 0 Å². The van der Waals surface area contributed by atoms with Gasteiger partial charge in [0.1, 0.15) is 5.44 Å². The quantitative estimate of drug-likeness (QED) is 0.482. The van der Waals surface area contributed by atoms with Crippen LogP contribution in [0.1, 0.15) is 0 Å². The molecule has 4 heteroatoms. The molecule has 1 heterocycles. The molecule has 0 aromatic heterocycles. The molecule has 1 fully saturated rings. The molecule has 0 spiro atoms. The van der Waals surface area contributed by atoms with Crippen molar-refractivity contribution >= 4 is 12.6 Å². The van der Waals surface area contributed by atoms with Crippen molar-refractivity contribution < 1.29 is 14.6 Å². The van der Waals surface area contributed by atoms with Crippen LogP contribution in [0.3, 0.4) is 0 Å². The fourth-order valence-corrected chi connectivity index (χ4v) is 0.761. The summed E-state index contributed by atoms with van der Waals surface area (Å²) in [5, 5.41) is 8.40. The second-order valence-corrected chi connectivity index (χ2v) is 2.11. The summed E-state index contributed by atoms with van der Waals surface area (Å²) in [7, 11) is 0. The number of aliphatic hydroxyl groups is 1. The lowest BCUT2D eigenvalue weighted by Crippen LogP contribution is -2.12. The summed E-state index contributed by atoms with van der Waals surface area (Å²) in [6.07, 6.45) is -0.447. The van der Waals surface area contributed by atoms with Crippen molar-refractivity contribution in [1.82, 2.24) is 0 Å². The van der Waals surface area contributed by atoms with Crippen molar-refractivity contribution in [2.45, 2.75) is 11.7 Å². The standard InChI is InChI=1S/C4H8O3S/c5-1-3-6-2-4(8)7-3/h3-5,8H,1-2H2/t3-,4+/m1/s1. The fourth-order valence-electron chi connectivity index (χ4n) is 0.539. The van der Waals surface area contributed by atoms with E-state index in [9.17, 15) is 0 Å². The van der Waals surface area contributed by atoms with Crippen LogP contribution < -0.4 is 0 Å². The third kappa shape index (κ3) is 1.35. The van der Waals surface area contributed by atoms with Crippen LogP contribution in [-0.4, -0.2) is 30.0 Å². The first-order chi connectivity index (χ1) is 3.83. The van der Waals surface area contributed by atoms with Gasteiger partial charge in [-0.2, -0.15) is 0 Å². The van der Waals surface area contributed by atoms with Crippen molar-refractivity contribution in [1.29, 1.82) is 0 Å². The minimum atomic E-state index is -0.447. The Bertz CT molecular complexity index is 77.7. The Balaban J connectivity index is 2.22. The van der Waals surface area contributed by atoms with E-state index < -0.39 is 6.29 Å². The molecule has 0 amide bonds. The lowest BCUT2D eigenvalue weighted by Gasteiger charge is -2.02. The molecule has 2 atom stereocenters. The molecule has 0 radical (unpaired) electrons. The molecule has 0 aromatic carbocycles. The van der Waals surface area contributed by atoms with Crippen molar-refractivity contribution in [2.75, 3.05) is 13.2 Å². The molecule has 0 bridgehead atoms. The third-order valence-corrected chi connectivity index (χ3v) is 1.15. The zero-order valence-corrected chi connectivity index (χ0v) is 5.17. The normalized spacial score (nSPS) is 38.2. The molecule has 8 heavy (non-hydrogen) atoms. The third-order valence-electron chi connectivity index (χ3n) is 0.883. The number of aliphatic hydroxyl groups excluding tert-OH is 1. The molecule has 0 aromatic rings. The van der Waals surface area contributed by atoms with E-state index in [1.807, 2.05) is 0 Å². The largest absolute Gasteiger partial charge is 0.391 e. The molecular formula is C4H8O3S. The van der Waals surface area contributed by atoms with E-state index in [0.717, 1.165) is 0 Å².